The normalized spacial score (nSPS) is 17.2. The van der Waals surface area contributed by atoms with E-state index in [4.69, 9.17) is 10.8 Å². The molecule has 6 rings (SSSR count). The lowest BCUT2D eigenvalue weighted by molar-refractivity contribution is 0.300. The molecule has 3 N–H and O–H groups in total. The number of fused-ring (bicyclic) bond motifs is 1. The summed E-state index contributed by atoms with van der Waals surface area (Å²) in [5.41, 5.74) is 9.18. The molecule has 4 aromatic heterocycles. The highest BCUT2D eigenvalue weighted by Crippen LogP contribution is 2.42. The van der Waals surface area contributed by atoms with Crippen molar-refractivity contribution in [2.45, 2.75) is 19.9 Å². The number of aromatic amines is 1. The second kappa shape index (κ2) is 8.06. The highest BCUT2D eigenvalue weighted by molar-refractivity contribution is 5.78. The van der Waals surface area contributed by atoms with Crippen molar-refractivity contribution in [2.75, 3.05) is 17.2 Å². The number of aryl methyl sites for hydroxylation is 1. The third-order valence-corrected chi connectivity index (χ3v) is 6.61. The molecule has 178 valence electrons. The van der Waals surface area contributed by atoms with E-state index in [1.54, 1.807) is 28.4 Å². The quantitative estimate of drug-likeness (QED) is 0.401. The van der Waals surface area contributed by atoms with Gasteiger partial charge >= 0.3 is 0 Å². The molecule has 11 heteroatoms. The van der Waals surface area contributed by atoms with Crippen molar-refractivity contribution in [3.63, 3.8) is 0 Å². The number of nitriles is 1. The number of nitrogens with one attached hydrogen (secondary N) is 1. The first kappa shape index (κ1) is 21.5. The predicted molar refractivity (Wildman–Crippen MR) is 134 cm³/mol. The lowest BCUT2D eigenvalue weighted by Gasteiger charge is -2.47. The number of hydrogen-bond acceptors (Lipinski definition) is 8. The van der Waals surface area contributed by atoms with Gasteiger partial charge in [-0.05, 0) is 31.2 Å². The van der Waals surface area contributed by atoms with Gasteiger partial charge < -0.3 is 10.6 Å². The number of rotatable bonds is 4. The van der Waals surface area contributed by atoms with E-state index >= 15 is 0 Å². The fraction of sp³-hybridized carbons (Fsp3) is 0.200. The Bertz CT molecular complexity index is 1700. The van der Waals surface area contributed by atoms with Gasteiger partial charge in [0.15, 0.2) is 11.6 Å². The zero-order valence-corrected chi connectivity index (χ0v) is 19.6. The molecule has 1 aliphatic heterocycles. The number of para-hydroxylation sites is 1. The molecule has 0 saturated carbocycles. The molecule has 5 aromatic rings. The van der Waals surface area contributed by atoms with E-state index in [9.17, 15) is 10.1 Å². The van der Waals surface area contributed by atoms with Crippen molar-refractivity contribution >= 4 is 17.3 Å². The maximum atomic E-state index is 14.1. The third-order valence-electron chi connectivity index (χ3n) is 6.61. The molecule has 0 spiro atoms. The Labute approximate surface area is 205 Å². The molecule has 11 nitrogen and oxygen atoms in total. The van der Waals surface area contributed by atoms with Gasteiger partial charge in [0.2, 0.25) is 5.95 Å². The minimum absolute atomic E-state index is 0.0956. The lowest BCUT2D eigenvalue weighted by atomic mass is 9.88. The second-order valence-corrected chi connectivity index (χ2v) is 8.88. The van der Waals surface area contributed by atoms with Crippen LogP contribution in [0.25, 0.3) is 22.5 Å². The molecule has 5 heterocycles. The third kappa shape index (κ3) is 3.15. The SMILES string of the molecule is Cc1nc(N)nc(N2C[C@H](C)C2c2nn3ccc(-c4ccn[nH]4)c3c(=O)n2-c2ccccc2)c1C#N. The maximum absolute atomic E-state index is 14.1. The number of H-pyrrole nitrogens is 1. The van der Waals surface area contributed by atoms with Crippen LogP contribution in [0.4, 0.5) is 11.8 Å². The van der Waals surface area contributed by atoms with Crippen LogP contribution >= 0.6 is 0 Å². The number of nitrogens with zero attached hydrogens (tertiary/aromatic N) is 8. The van der Waals surface area contributed by atoms with Crippen LogP contribution in [-0.4, -0.2) is 40.9 Å². The topological polar surface area (TPSA) is 147 Å². The summed E-state index contributed by atoms with van der Waals surface area (Å²) in [6.45, 7) is 4.45. The number of nitrogen functional groups attached to an aromatic ring is 1. The molecule has 0 radical (unpaired) electrons. The number of anilines is 2. The molecule has 1 aromatic carbocycles. The van der Waals surface area contributed by atoms with Gasteiger partial charge in [-0.3, -0.25) is 14.5 Å². The van der Waals surface area contributed by atoms with Gasteiger partial charge in [-0.2, -0.15) is 20.4 Å². The van der Waals surface area contributed by atoms with Gasteiger partial charge in [0.1, 0.15) is 17.1 Å². The van der Waals surface area contributed by atoms with Crippen LogP contribution in [0, 0.1) is 24.2 Å². The number of benzene rings is 1. The molecule has 0 bridgehead atoms. The minimum Gasteiger partial charge on any atom is -0.368 e. The van der Waals surface area contributed by atoms with E-state index in [-0.39, 0.29) is 23.5 Å². The fourth-order valence-electron chi connectivity index (χ4n) is 4.95. The average Bonchev–Trinajstić information content (AvgIpc) is 3.53. The minimum atomic E-state index is -0.318. The molecule has 36 heavy (non-hydrogen) atoms. The predicted octanol–water partition coefficient (Wildman–Crippen LogP) is 2.62. The van der Waals surface area contributed by atoms with Gasteiger partial charge in [0.25, 0.3) is 5.56 Å². The summed E-state index contributed by atoms with van der Waals surface area (Å²) in [7, 11) is 0. The zero-order chi connectivity index (χ0) is 25.0. The van der Waals surface area contributed by atoms with Crippen molar-refractivity contribution < 1.29 is 0 Å². The Morgan fingerprint density at radius 2 is 1.97 bits per heavy atom. The molecule has 1 fully saturated rings. The van der Waals surface area contributed by atoms with Crippen LogP contribution in [0.15, 0.2) is 59.7 Å². The molecule has 2 atom stereocenters. The van der Waals surface area contributed by atoms with E-state index in [1.807, 2.05) is 47.4 Å². The van der Waals surface area contributed by atoms with E-state index in [1.165, 1.54) is 0 Å². The standard InChI is InChI=1S/C25H22N10O/c1-14-13-33(22-18(12-26)15(2)29-25(27)30-22)20(14)23-32-34-11-9-17(19-8-10-28-31-19)21(34)24(36)35(23)16-6-4-3-5-7-16/h3-11,14,20H,13H2,1-2H3,(H,28,31)(H2,27,29,30)/t14-,20?/m0/s1. The van der Waals surface area contributed by atoms with Gasteiger partial charge in [0.05, 0.1) is 23.1 Å². The Kier molecular flexibility index (Phi) is 4.82. The first-order valence-corrected chi connectivity index (χ1v) is 11.5. The number of aromatic nitrogens is 7. The van der Waals surface area contributed by atoms with E-state index < -0.39 is 0 Å². The van der Waals surface area contributed by atoms with Crippen molar-refractivity contribution in [1.29, 1.82) is 5.26 Å². The van der Waals surface area contributed by atoms with E-state index in [0.29, 0.717) is 46.2 Å². The first-order valence-electron chi connectivity index (χ1n) is 11.5. The van der Waals surface area contributed by atoms with Crippen LogP contribution in [0.5, 0.6) is 0 Å². The van der Waals surface area contributed by atoms with Crippen LogP contribution in [0.2, 0.25) is 0 Å². The van der Waals surface area contributed by atoms with Crippen molar-refractivity contribution in [1.82, 2.24) is 34.3 Å². The van der Waals surface area contributed by atoms with Gasteiger partial charge in [0, 0.05) is 30.4 Å². The summed E-state index contributed by atoms with van der Waals surface area (Å²) in [6, 6.07) is 15.0. The lowest BCUT2D eigenvalue weighted by Crippen LogP contribution is -2.52. The maximum Gasteiger partial charge on any atom is 0.283 e. The van der Waals surface area contributed by atoms with Gasteiger partial charge in [-0.15, -0.1) is 0 Å². The summed E-state index contributed by atoms with van der Waals surface area (Å²) in [4.78, 5) is 24.6. The largest absolute Gasteiger partial charge is 0.368 e. The van der Waals surface area contributed by atoms with Crippen LogP contribution < -0.4 is 16.2 Å². The van der Waals surface area contributed by atoms with Crippen LogP contribution in [0.1, 0.15) is 30.0 Å². The van der Waals surface area contributed by atoms with Crippen LogP contribution in [0.3, 0.4) is 0 Å². The fourth-order valence-corrected chi connectivity index (χ4v) is 4.95. The smallest absolute Gasteiger partial charge is 0.283 e. The summed E-state index contributed by atoms with van der Waals surface area (Å²) < 4.78 is 3.26. The van der Waals surface area contributed by atoms with E-state index in [2.05, 4.69) is 33.2 Å². The van der Waals surface area contributed by atoms with Crippen molar-refractivity contribution in [3.05, 3.63) is 82.3 Å². The number of hydrogen-bond donors (Lipinski definition) is 2. The van der Waals surface area contributed by atoms with Gasteiger partial charge in [-0.1, -0.05) is 25.1 Å². The molecule has 1 aliphatic rings. The second-order valence-electron chi connectivity index (χ2n) is 8.88. The van der Waals surface area contributed by atoms with E-state index in [0.717, 1.165) is 5.69 Å². The highest BCUT2D eigenvalue weighted by Gasteiger charge is 2.43. The molecule has 0 amide bonds. The highest BCUT2D eigenvalue weighted by atomic mass is 16.1. The summed E-state index contributed by atoms with van der Waals surface area (Å²) in [6.07, 6.45) is 3.42. The van der Waals surface area contributed by atoms with Crippen LogP contribution in [-0.2, 0) is 0 Å². The monoisotopic (exact) mass is 478 g/mol. The molecule has 1 saturated heterocycles. The molecular weight excluding hydrogens is 456 g/mol. The summed E-state index contributed by atoms with van der Waals surface area (Å²) in [5.74, 6) is 1.22. The molecular formula is C25H22N10O. The zero-order valence-electron chi connectivity index (χ0n) is 19.6. The Morgan fingerprint density at radius 3 is 2.67 bits per heavy atom. The molecule has 0 aliphatic carbocycles. The average molecular weight is 479 g/mol. The number of nitrogens with two attached hydrogens (primary N) is 1. The summed E-state index contributed by atoms with van der Waals surface area (Å²) >= 11 is 0. The van der Waals surface area contributed by atoms with Gasteiger partial charge in [-0.25, -0.2) is 9.50 Å². The first-order chi connectivity index (χ1) is 17.5. The Hall–Kier alpha value is -4.98. The summed E-state index contributed by atoms with van der Waals surface area (Å²) in [5, 5.41) is 21.7. The van der Waals surface area contributed by atoms with Crippen molar-refractivity contribution in [2.24, 2.45) is 5.92 Å². The van der Waals surface area contributed by atoms with Crippen molar-refractivity contribution in [3.8, 4) is 23.0 Å². The Balaban J connectivity index is 1.60. The molecule has 1 unspecified atom stereocenters. The Morgan fingerprint density at radius 1 is 1.17 bits per heavy atom.